The maximum Gasteiger partial charge on any atom is 1.00 e. The van der Waals surface area contributed by atoms with Crippen molar-refractivity contribution in [1.29, 1.82) is 0 Å². The van der Waals surface area contributed by atoms with Crippen molar-refractivity contribution in [3.05, 3.63) is 0 Å². The summed E-state index contributed by atoms with van der Waals surface area (Å²) in [5, 5.41) is 8.90. The molecule has 6 heteroatoms. The first-order chi connectivity index (χ1) is 9.91. The van der Waals surface area contributed by atoms with Crippen LogP contribution in [0.5, 0.6) is 0 Å². The SMILES string of the molecule is CCCC(O)CCCCCCCCC(CCC)S(=O)(=O)[O-].[Na+]. The van der Waals surface area contributed by atoms with Crippen LogP contribution >= 0.6 is 0 Å². The fourth-order valence-electron chi connectivity index (χ4n) is 2.69. The Morgan fingerprint density at radius 3 is 1.73 bits per heavy atom. The van der Waals surface area contributed by atoms with Gasteiger partial charge in [-0.2, -0.15) is 0 Å². The van der Waals surface area contributed by atoms with E-state index >= 15 is 0 Å². The van der Waals surface area contributed by atoms with E-state index in [1.165, 1.54) is 0 Å². The molecule has 0 aliphatic rings. The predicted molar refractivity (Wildman–Crippen MR) is 86.2 cm³/mol. The molecule has 0 heterocycles. The summed E-state index contributed by atoms with van der Waals surface area (Å²) in [7, 11) is -4.12. The average Bonchev–Trinajstić information content (AvgIpc) is 2.39. The van der Waals surface area contributed by atoms with Crippen molar-refractivity contribution in [3.8, 4) is 0 Å². The molecule has 2 atom stereocenters. The zero-order valence-electron chi connectivity index (χ0n) is 14.7. The summed E-state index contributed by atoms with van der Waals surface area (Å²) in [6, 6.07) is 0. The smallest absolute Gasteiger partial charge is 0.748 e. The Morgan fingerprint density at radius 2 is 1.27 bits per heavy atom. The Balaban J connectivity index is 0. The molecule has 0 fully saturated rings. The molecule has 0 aromatic carbocycles. The first-order valence-electron chi connectivity index (χ1n) is 8.54. The van der Waals surface area contributed by atoms with E-state index < -0.39 is 15.4 Å². The number of hydrogen-bond donors (Lipinski definition) is 1. The van der Waals surface area contributed by atoms with Crippen LogP contribution in [0.1, 0.15) is 90.9 Å². The minimum atomic E-state index is -4.12. The number of aliphatic hydroxyl groups is 1. The number of hydrogen-bond acceptors (Lipinski definition) is 4. The zero-order valence-corrected chi connectivity index (χ0v) is 17.5. The second-order valence-corrected chi connectivity index (χ2v) is 7.70. The van der Waals surface area contributed by atoms with Crippen LogP contribution in [0.4, 0.5) is 0 Å². The Hall–Kier alpha value is 0.870. The van der Waals surface area contributed by atoms with Crippen molar-refractivity contribution < 1.29 is 47.6 Å². The normalized spacial score (nSPS) is 14.4. The molecule has 0 bridgehead atoms. The van der Waals surface area contributed by atoms with Gasteiger partial charge in [-0.3, -0.25) is 0 Å². The van der Waals surface area contributed by atoms with Crippen LogP contribution in [0.25, 0.3) is 0 Å². The Bertz CT molecular complexity index is 333. The van der Waals surface area contributed by atoms with Gasteiger partial charge < -0.3 is 9.66 Å². The van der Waals surface area contributed by atoms with Gasteiger partial charge in [0.05, 0.1) is 16.2 Å². The topological polar surface area (TPSA) is 77.4 Å². The molecule has 0 spiro atoms. The van der Waals surface area contributed by atoms with Crippen molar-refractivity contribution >= 4 is 10.1 Å². The minimum Gasteiger partial charge on any atom is -0.748 e. The summed E-state index contributed by atoms with van der Waals surface area (Å²) >= 11 is 0. The molecule has 0 amide bonds. The van der Waals surface area contributed by atoms with Crippen LogP contribution in [-0.2, 0) is 10.1 Å². The van der Waals surface area contributed by atoms with E-state index in [0.717, 1.165) is 64.2 Å². The van der Waals surface area contributed by atoms with Gasteiger partial charge in [0.25, 0.3) is 0 Å². The summed E-state index contributed by atoms with van der Waals surface area (Å²) in [5.41, 5.74) is 0. The molecule has 0 aromatic heterocycles. The third-order valence-electron chi connectivity index (χ3n) is 3.95. The van der Waals surface area contributed by atoms with Crippen LogP contribution in [-0.4, -0.2) is 29.4 Å². The summed E-state index contributed by atoms with van der Waals surface area (Å²) in [5.74, 6) is 0. The van der Waals surface area contributed by atoms with Gasteiger partial charge >= 0.3 is 29.6 Å². The Morgan fingerprint density at radius 1 is 0.818 bits per heavy atom. The van der Waals surface area contributed by atoms with Crippen molar-refractivity contribution in [2.75, 3.05) is 0 Å². The third kappa shape index (κ3) is 14.5. The van der Waals surface area contributed by atoms with Gasteiger partial charge in [-0.15, -0.1) is 0 Å². The van der Waals surface area contributed by atoms with Crippen LogP contribution in [0.15, 0.2) is 0 Å². The third-order valence-corrected chi connectivity index (χ3v) is 5.24. The van der Waals surface area contributed by atoms with Gasteiger partial charge in [-0.05, 0) is 25.7 Å². The monoisotopic (exact) mass is 344 g/mol. The van der Waals surface area contributed by atoms with E-state index in [1.807, 2.05) is 6.92 Å². The molecule has 0 aromatic rings. The van der Waals surface area contributed by atoms with Gasteiger partial charge in [0.15, 0.2) is 0 Å². The van der Waals surface area contributed by atoms with E-state index in [-0.39, 0.29) is 35.7 Å². The summed E-state index contributed by atoms with van der Waals surface area (Å²) < 4.78 is 33.2. The first kappa shape index (κ1) is 25.1. The van der Waals surface area contributed by atoms with E-state index in [4.69, 9.17) is 0 Å². The van der Waals surface area contributed by atoms with Crippen LogP contribution in [0.3, 0.4) is 0 Å². The zero-order chi connectivity index (χ0) is 16.1. The fraction of sp³-hybridized carbons (Fsp3) is 1.00. The number of aliphatic hydroxyl groups excluding tert-OH is 1. The minimum absolute atomic E-state index is 0. The van der Waals surface area contributed by atoms with E-state index in [0.29, 0.717) is 12.8 Å². The van der Waals surface area contributed by atoms with Crippen LogP contribution < -0.4 is 29.6 Å². The van der Waals surface area contributed by atoms with E-state index in [2.05, 4.69) is 6.92 Å². The molecule has 4 nitrogen and oxygen atoms in total. The van der Waals surface area contributed by atoms with E-state index in [9.17, 15) is 18.1 Å². The van der Waals surface area contributed by atoms with Gasteiger partial charge in [-0.1, -0.05) is 65.2 Å². The second kappa shape index (κ2) is 15.4. The van der Waals surface area contributed by atoms with Gasteiger partial charge in [0.2, 0.25) is 0 Å². The quantitative estimate of drug-likeness (QED) is 0.290. The van der Waals surface area contributed by atoms with Crippen LogP contribution in [0.2, 0.25) is 0 Å². The maximum absolute atomic E-state index is 11.1. The van der Waals surface area contributed by atoms with Crippen molar-refractivity contribution in [2.45, 2.75) is 102 Å². The molecule has 0 radical (unpaired) electrons. The van der Waals surface area contributed by atoms with Gasteiger partial charge in [0, 0.05) is 5.25 Å². The molecule has 0 rings (SSSR count). The standard InChI is InChI=1S/C16H34O4S.Na/c1-3-11-15(17)13-9-7-5-6-8-10-14-16(12-4-2)21(18,19)20;/h15-17H,3-14H2,1-2H3,(H,18,19,20);/q;+1/p-1. The van der Waals surface area contributed by atoms with E-state index in [1.54, 1.807) is 0 Å². The molecule has 0 saturated heterocycles. The first-order valence-corrected chi connectivity index (χ1v) is 10.0. The van der Waals surface area contributed by atoms with Gasteiger partial charge in [-0.25, -0.2) is 8.42 Å². The molecule has 22 heavy (non-hydrogen) atoms. The summed E-state index contributed by atoms with van der Waals surface area (Å²) in [4.78, 5) is 0. The summed E-state index contributed by atoms with van der Waals surface area (Å²) in [6.45, 7) is 3.99. The second-order valence-electron chi connectivity index (χ2n) is 6.04. The Kier molecular flexibility index (Phi) is 17.6. The van der Waals surface area contributed by atoms with Crippen molar-refractivity contribution in [3.63, 3.8) is 0 Å². The maximum atomic E-state index is 11.1. The molecule has 128 valence electrons. The molecule has 0 aliphatic heterocycles. The van der Waals surface area contributed by atoms with Crippen molar-refractivity contribution in [2.24, 2.45) is 0 Å². The average molecular weight is 344 g/mol. The fourth-order valence-corrected chi connectivity index (χ4v) is 3.67. The van der Waals surface area contributed by atoms with Crippen molar-refractivity contribution in [1.82, 2.24) is 0 Å². The number of rotatable bonds is 14. The Labute approximate surface area is 159 Å². The molecule has 1 N–H and O–H groups in total. The molecular formula is C16H33NaO4S. The number of unbranched alkanes of at least 4 members (excludes halogenated alkanes) is 5. The summed E-state index contributed by atoms with van der Waals surface area (Å²) in [6.07, 6.45) is 10.6. The molecule has 2 unspecified atom stereocenters. The molecule has 0 aliphatic carbocycles. The van der Waals surface area contributed by atoms with Crippen LogP contribution in [0, 0.1) is 0 Å². The largest absolute Gasteiger partial charge is 1.00 e. The predicted octanol–water partition coefficient (Wildman–Crippen LogP) is 0.986. The molecule has 0 saturated carbocycles. The molecular weight excluding hydrogens is 311 g/mol. The van der Waals surface area contributed by atoms with Gasteiger partial charge in [0.1, 0.15) is 0 Å².